The van der Waals surface area contributed by atoms with Gasteiger partial charge in [-0.25, -0.2) is 4.79 Å². The predicted molar refractivity (Wildman–Crippen MR) is 72.2 cm³/mol. The van der Waals surface area contributed by atoms with Crippen LogP contribution < -0.4 is 0 Å². The van der Waals surface area contributed by atoms with Crippen molar-refractivity contribution in [2.24, 2.45) is 23.7 Å². The highest BCUT2D eigenvalue weighted by molar-refractivity contribution is 5.87. The number of hydrogen-bond donors (Lipinski definition) is 1. The molecule has 1 N–H and O–H groups in total. The first-order valence-electron chi connectivity index (χ1n) is 7.08. The van der Waals surface area contributed by atoms with E-state index in [-0.39, 0.29) is 24.5 Å². The minimum atomic E-state index is -0.982. The largest absolute Gasteiger partial charge is 0.481 e. The zero-order valence-corrected chi connectivity index (χ0v) is 12.2. The zero-order valence-electron chi connectivity index (χ0n) is 12.2. The second-order valence-electron chi connectivity index (χ2n) is 5.90. The summed E-state index contributed by atoms with van der Waals surface area (Å²) in [6.45, 7) is 6.98. The molecule has 0 bridgehead atoms. The molecule has 116 valence electrons. The lowest BCUT2D eigenvalue weighted by Gasteiger charge is -2.18. The van der Waals surface area contributed by atoms with Gasteiger partial charge in [-0.2, -0.15) is 0 Å². The van der Waals surface area contributed by atoms with Crippen LogP contribution in [0.15, 0.2) is 12.2 Å². The average Bonchev–Trinajstić information content (AvgIpc) is 2.88. The van der Waals surface area contributed by atoms with E-state index < -0.39 is 29.7 Å². The molecule has 0 radical (unpaired) electrons. The second-order valence-corrected chi connectivity index (χ2v) is 5.90. The molecule has 6 nitrogen and oxygen atoms in total. The Bertz CT molecular complexity index is 483. The van der Waals surface area contributed by atoms with E-state index in [1.165, 1.54) is 0 Å². The minimum Gasteiger partial charge on any atom is -0.481 e. The predicted octanol–water partition coefficient (Wildman–Crippen LogP) is 1.39. The Kier molecular flexibility index (Phi) is 4.34. The SMILES string of the molecule is C=C(C)C(=O)OCCC1CC2C(C)OC(=O)C2C1C(=O)O. The summed E-state index contributed by atoms with van der Waals surface area (Å²) < 4.78 is 10.2. The van der Waals surface area contributed by atoms with Crippen LogP contribution in [0.1, 0.15) is 26.7 Å². The maximum Gasteiger partial charge on any atom is 0.333 e. The van der Waals surface area contributed by atoms with Crippen LogP contribution >= 0.6 is 0 Å². The van der Waals surface area contributed by atoms with Gasteiger partial charge in [-0.1, -0.05) is 6.58 Å². The van der Waals surface area contributed by atoms with Crippen LogP contribution in [-0.4, -0.2) is 35.7 Å². The molecule has 1 heterocycles. The van der Waals surface area contributed by atoms with Crippen LogP contribution in [-0.2, 0) is 23.9 Å². The normalized spacial score (nSPS) is 34.2. The van der Waals surface area contributed by atoms with Crippen molar-refractivity contribution < 1.29 is 29.0 Å². The number of esters is 2. The van der Waals surface area contributed by atoms with Gasteiger partial charge in [0.15, 0.2) is 0 Å². The topological polar surface area (TPSA) is 89.9 Å². The zero-order chi connectivity index (χ0) is 15.7. The highest BCUT2D eigenvalue weighted by Gasteiger charge is 2.57. The summed E-state index contributed by atoms with van der Waals surface area (Å²) >= 11 is 0. The fourth-order valence-corrected chi connectivity index (χ4v) is 3.44. The monoisotopic (exact) mass is 296 g/mol. The first-order chi connectivity index (χ1) is 9.82. The number of carboxylic acids is 1. The fraction of sp³-hybridized carbons (Fsp3) is 0.667. The molecule has 21 heavy (non-hydrogen) atoms. The number of carboxylic acid groups (broad SMARTS) is 1. The van der Waals surface area contributed by atoms with E-state index in [2.05, 4.69) is 6.58 Å². The maximum atomic E-state index is 11.8. The molecule has 1 aliphatic carbocycles. The lowest BCUT2D eigenvalue weighted by atomic mass is 9.86. The first kappa shape index (κ1) is 15.5. The fourth-order valence-electron chi connectivity index (χ4n) is 3.44. The van der Waals surface area contributed by atoms with E-state index in [0.717, 1.165) is 0 Å². The highest BCUT2D eigenvalue weighted by Crippen LogP contribution is 2.49. The highest BCUT2D eigenvalue weighted by atomic mass is 16.6. The van der Waals surface area contributed by atoms with E-state index >= 15 is 0 Å². The number of hydrogen-bond acceptors (Lipinski definition) is 5. The summed E-state index contributed by atoms with van der Waals surface area (Å²) in [6.07, 6.45) is 0.801. The number of carbonyl (C=O) groups excluding carboxylic acids is 2. The molecule has 1 saturated carbocycles. The van der Waals surface area contributed by atoms with E-state index in [0.29, 0.717) is 18.4 Å². The van der Waals surface area contributed by atoms with Gasteiger partial charge in [-0.05, 0) is 32.6 Å². The summed E-state index contributed by atoms with van der Waals surface area (Å²) in [7, 11) is 0. The third kappa shape index (κ3) is 2.94. The number of carbonyl (C=O) groups is 3. The summed E-state index contributed by atoms with van der Waals surface area (Å²) in [5.74, 6) is -3.43. The van der Waals surface area contributed by atoms with Crippen LogP contribution in [0.5, 0.6) is 0 Å². The average molecular weight is 296 g/mol. The van der Waals surface area contributed by atoms with Crippen LogP contribution in [0.4, 0.5) is 0 Å². The van der Waals surface area contributed by atoms with Crippen molar-refractivity contribution in [3.8, 4) is 0 Å². The number of aliphatic carboxylic acids is 1. The molecule has 5 atom stereocenters. The molecular weight excluding hydrogens is 276 g/mol. The Labute approximate surface area is 123 Å². The number of cyclic esters (lactones) is 1. The Balaban J connectivity index is 2.00. The van der Waals surface area contributed by atoms with Gasteiger partial charge in [0.25, 0.3) is 0 Å². The lowest BCUT2D eigenvalue weighted by molar-refractivity contribution is -0.154. The van der Waals surface area contributed by atoms with Crippen LogP contribution in [0.2, 0.25) is 0 Å². The van der Waals surface area contributed by atoms with Crippen molar-refractivity contribution in [2.45, 2.75) is 32.8 Å². The summed E-state index contributed by atoms with van der Waals surface area (Å²) in [4.78, 5) is 34.6. The van der Waals surface area contributed by atoms with Crippen molar-refractivity contribution in [3.63, 3.8) is 0 Å². The van der Waals surface area contributed by atoms with Crippen LogP contribution in [0.3, 0.4) is 0 Å². The van der Waals surface area contributed by atoms with Crippen molar-refractivity contribution in [1.82, 2.24) is 0 Å². The van der Waals surface area contributed by atoms with Crippen molar-refractivity contribution in [3.05, 3.63) is 12.2 Å². The molecule has 1 saturated heterocycles. The van der Waals surface area contributed by atoms with E-state index in [4.69, 9.17) is 9.47 Å². The van der Waals surface area contributed by atoms with Gasteiger partial charge in [-0.15, -0.1) is 0 Å². The molecule has 2 aliphatic rings. The van der Waals surface area contributed by atoms with Crippen molar-refractivity contribution in [2.75, 3.05) is 6.61 Å². The Hall–Kier alpha value is -1.85. The van der Waals surface area contributed by atoms with Gasteiger partial charge >= 0.3 is 17.9 Å². The molecule has 0 amide bonds. The van der Waals surface area contributed by atoms with Gasteiger partial charge in [0.2, 0.25) is 0 Å². The molecule has 5 unspecified atom stereocenters. The molecule has 0 spiro atoms. The van der Waals surface area contributed by atoms with E-state index in [9.17, 15) is 19.5 Å². The van der Waals surface area contributed by atoms with Crippen LogP contribution in [0.25, 0.3) is 0 Å². The molecule has 0 aromatic carbocycles. The van der Waals surface area contributed by atoms with Crippen molar-refractivity contribution in [1.29, 1.82) is 0 Å². The lowest BCUT2D eigenvalue weighted by Crippen LogP contribution is -2.29. The standard InChI is InChI=1S/C15H20O6/c1-7(2)14(18)20-5-4-9-6-10-8(3)21-15(19)12(10)11(9)13(16)17/h8-12H,1,4-6H2,2-3H3,(H,16,17). The van der Waals surface area contributed by atoms with Gasteiger partial charge < -0.3 is 14.6 Å². The molecule has 6 heteroatoms. The second kappa shape index (κ2) is 5.87. The molecule has 0 aromatic rings. The molecule has 2 fully saturated rings. The molecule has 2 rings (SSSR count). The smallest absolute Gasteiger partial charge is 0.333 e. The number of fused-ring (bicyclic) bond motifs is 1. The maximum absolute atomic E-state index is 11.8. The van der Waals surface area contributed by atoms with Gasteiger partial charge in [0.05, 0.1) is 18.4 Å². The Morgan fingerprint density at radius 1 is 1.48 bits per heavy atom. The van der Waals surface area contributed by atoms with Gasteiger partial charge in [0, 0.05) is 11.5 Å². The summed E-state index contributed by atoms with van der Waals surface area (Å²) in [5, 5.41) is 9.40. The first-order valence-corrected chi connectivity index (χ1v) is 7.08. The quantitative estimate of drug-likeness (QED) is 0.609. The molecular formula is C15H20O6. The minimum absolute atomic E-state index is 0.0551. The summed E-state index contributed by atoms with van der Waals surface area (Å²) in [6, 6.07) is 0. The van der Waals surface area contributed by atoms with Gasteiger partial charge in [0.1, 0.15) is 6.10 Å². The van der Waals surface area contributed by atoms with Crippen LogP contribution in [0, 0.1) is 23.7 Å². The molecule has 0 aromatic heterocycles. The van der Waals surface area contributed by atoms with E-state index in [1.807, 2.05) is 0 Å². The van der Waals surface area contributed by atoms with Crippen molar-refractivity contribution >= 4 is 17.9 Å². The van der Waals surface area contributed by atoms with E-state index in [1.54, 1.807) is 13.8 Å². The van der Waals surface area contributed by atoms with Gasteiger partial charge in [-0.3, -0.25) is 9.59 Å². The third-order valence-corrected chi connectivity index (χ3v) is 4.46. The Morgan fingerprint density at radius 3 is 2.71 bits per heavy atom. The summed E-state index contributed by atoms with van der Waals surface area (Å²) in [5.41, 5.74) is 0.310. The Morgan fingerprint density at radius 2 is 2.14 bits per heavy atom. The number of rotatable bonds is 5. The number of ether oxygens (including phenoxy) is 2. The third-order valence-electron chi connectivity index (χ3n) is 4.46. The molecule has 1 aliphatic heterocycles.